The van der Waals surface area contributed by atoms with Crippen LogP contribution in [-0.4, -0.2) is 51.2 Å². The standard InChI is InChI=1S/C11H17N3O4S2/c1-6(2)10-14(8(5-19-10)11(15)16)20(17,18)9-4-12-13-7(9)3/h4,6,8,10H,5H2,1-3H3,(H,12,13)(H,15,16). The van der Waals surface area contributed by atoms with Gasteiger partial charge in [0.2, 0.25) is 10.0 Å². The minimum Gasteiger partial charge on any atom is -0.480 e. The molecular formula is C11H17N3O4S2. The number of carbonyl (C=O) groups is 1. The molecule has 2 atom stereocenters. The number of thioether (sulfide) groups is 1. The van der Waals surface area contributed by atoms with Crippen LogP contribution >= 0.6 is 11.8 Å². The van der Waals surface area contributed by atoms with Crippen molar-refractivity contribution in [1.29, 1.82) is 0 Å². The number of nitrogens with zero attached hydrogens (tertiary/aromatic N) is 2. The number of aryl methyl sites for hydroxylation is 1. The highest BCUT2D eigenvalue weighted by atomic mass is 32.2. The van der Waals surface area contributed by atoms with Gasteiger partial charge in [-0.15, -0.1) is 11.8 Å². The Labute approximate surface area is 121 Å². The summed E-state index contributed by atoms with van der Waals surface area (Å²) in [4.78, 5) is 11.4. The normalized spacial score (nSPS) is 24.4. The van der Waals surface area contributed by atoms with Gasteiger partial charge in [0.15, 0.2) is 0 Å². The van der Waals surface area contributed by atoms with E-state index in [2.05, 4.69) is 10.2 Å². The molecule has 1 saturated heterocycles. The molecule has 2 N–H and O–H groups in total. The van der Waals surface area contributed by atoms with E-state index in [0.717, 1.165) is 4.31 Å². The predicted octanol–water partition coefficient (Wildman–Crippen LogP) is 0.891. The summed E-state index contributed by atoms with van der Waals surface area (Å²) in [5.74, 6) is -0.842. The molecule has 0 saturated carbocycles. The first-order chi connectivity index (χ1) is 9.26. The zero-order valence-corrected chi connectivity index (χ0v) is 13.0. The molecule has 7 nitrogen and oxygen atoms in total. The third-order valence-corrected chi connectivity index (χ3v) is 6.94. The van der Waals surface area contributed by atoms with E-state index in [1.165, 1.54) is 18.0 Å². The van der Waals surface area contributed by atoms with Gasteiger partial charge in [-0.3, -0.25) is 9.89 Å². The van der Waals surface area contributed by atoms with Gasteiger partial charge in [0.1, 0.15) is 10.9 Å². The molecule has 2 heterocycles. The highest BCUT2D eigenvalue weighted by Crippen LogP contribution is 2.38. The van der Waals surface area contributed by atoms with Crippen LogP contribution in [0.25, 0.3) is 0 Å². The van der Waals surface area contributed by atoms with Crippen molar-refractivity contribution in [1.82, 2.24) is 14.5 Å². The molecule has 1 aromatic rings. The second-order valence-electron chi connectivity index (χ2n) is 5.02. The maximum absolute atomic E-state index is 12.7. The topological polar surface area (TPSA) is 103 Å². The van der Waals surface area contributed by atoms with Crippen molar-refractivity contribution >= 4 is 27.8 Å². The zero-order chi connectivity index (χ0) is 15.1. The van der Waals surface area contributed by atoms with Gasteiger partial charge in [0.25, 0.3) is 0 Å². The summed E-state index contributed by atoms with van der Waals surface area (Å²) in [6, 6.07) is -1.04. The lowest BCUT2D eigenvalue weighted by atomic mass is 10.2. The van der Waals surface area contributed by atoms with Crippen molar-refractivity contribution in [3.8, 4) is 0 Å². The number of sulfonamides is 1. The van der Waals surface area contributed by atoms with Gasteiger partial charge >= 0.3 is 5.97 Å². The predicted molar refractivity (Wildman–Crippen MR) is 74.9 cm³/mol. The Morgan fingerprint density at radius 1 is 1.60 bits per heavy atom. The van der Waals surface area contributed by atoms with E-state index >= 15 is 0 Å². The lowest BCUT2D eigenvalue weighted by Gasteiger charge is -2.28. The maximum Gasteiger partial charge on any atom is 0.322 e. The van der Waals surface area contributed by atoms with E-state index in [1.54, 1.807) is 6.92 Å². The molecule has 1 aromatic heterocycles. The minimum atomic E-state index is -3.88. The van der Waals surface area contributed by atoms with Crippen molar-refractivity contribution in [3.63, 3.8) is 0 Å². The molecule has 0 aromatic carbocycles. The van der Waals surface area contributed by atoms with E-state index in [9.17, 15) is 18.3 Å². The van der Waals surface area contributed by atoms with Crippen LogP contribution in [0.4, 0.5) is 0 Å². The Balaban J connectivity index is 2.50. The molecule has 1 fully saturated rings. The van der Waals surface area contributed by atoms with Gasteiger partial charge in [-0.1, -0.05) is 13.8 Å². The Hall–Kier alpha value is -1.06. The first-order valence-electron chi connectivity index (χ1n) is 6.14. The van der Waals surface area contributed by atoms with Gasteiger partial charge < -0.3 is 5.11 Å². The quantitative estimate of drug-likeness (QED) is 0.854. The van der Waals surface area contributed by atoms with Crippen LogP contribution in [0.15, 0.2) is 11.1 Å². The van der Waals surface area contributed by atoms with E-state index < -0.39 is 22.0 Å². The number of hydrogen-bond acceptors (Lipinski definition) is 5. The third kappa shape index (κ3) is 2.45. The van der Waals surface area contributed by atoms with Gasteiger partial charge in [-0.05, 0) is 12.8 Å². The largest absolute Gasteiger partial charge is 0.480 e. The monoisotopic (exact) mass is 319 g/mol. The molecule has 20 heavy (non-hydrogen) atoms. The highest BCUT2D eigenvalue weighted by Gasteiger charge is 2.48. The lowest BCUT2D eigenvalue weighted by molar-refractivity contribution is -0.140. The molecule has 0 aliphatic carbocycles. The summed E-state index contributed by atoms with van der Waals surface area (Å²) in [6.07, 6.45) is 1.23. The first kappa shape index (κ1) is 15.3. The third-order valence-electron chi connectivity index (χ3n) is 3.18. The Bertz CT molecular complexity index is 611. The second kappa shape index (κ2) is 5.38. The fraction of sp³-hybridized carbons (Fsp3) is 0.636. The van der Waals surface area contributed by atoms with Crippen LogP contribution in [0.1, 0.15) is 19.5 Å². The van der Waals surface area contributed by atoms with Crippen molar-refractivity contribution in [2.45, 2.75) is 37.1 Å². The maximum atomic E-state index is 12.7. The molecule has 2 rings (SSSR count). The van der Waals surface area contributed by atoms with Gasteiger partial charge in [-0.25, -0.2) is 8.42 Å². The first-order valence-corrected chi connectivity index (χ1v) is 8.63. The average molecular weight is 319 g/mol. The summed E-state index contributed by atoms with van der Waals surface area (Å²) >= 11 is 1.36. The van der Waals surface area contributed by atoms with Crippen molar-refractivity contribution in [2.75, 3.05) is 5.75 Å². The number of nitrogens with one attached hydrogen (secondary N) is 1. The van der Waals surface area contributed by atoms with Crippen molar-refractivity contribution in [3.05, 3.63) is 11.9 Å². The fourth-order valence-corrected chi connectivity index (χ4v) is 6.04. The van der Waals surface area contributed by atoms with Crippen molar-refractivity contribution < 1.29 is 18.3 Å². The lowest BCUT2D eigenvalue weighted by Crippen LogP contribution is -2.47. The number of carboxylic acids is 1. The number of aromatic amines is 1. The second-order valence-corrected chi connectivity index (χ2v) is 7.98. The van der Waals surface area contributed by atoms with Gasteiger partial charge in [0.05, 0.1) is 17.3 Å². The number of rotatable bonds is 4. The molecular weight excluding hydrogens is 302 g/mol. The molecule has 0 radical (unpaired) electrons. The minimum absolute atomic E-state index is 0.0198. The van der Waals surface area contributed by atoms with Crippen LogP contribution in [0.2, 0.25) is 0 Å². The van der Waals surface area contributed by atoms with Crippen molar-refractivity contribution in [2.24, 2.45) is 5.92 Å². The molecule has 0 spiro atoms. The van der Waals surface area contributed by atoms with Crippen LogP contribution in [-0.2, 0) is 14.8 Å². The summed E-state index contributed by atoms with van der Waals surface area (Å²) in [5, 5.41) is 15.2. The molecule has 1 aliphatic rings. The van der Waals surface area contributed by atoms with E-state index in [4.69, 9.17) is 0 Å². The van der Waals surface area contributed by atoms with Crippen LogP contribution < -0.4 is 0 Å². The van der Waals surface area contributed by atoms with Gasteiger partial charge in [0, 0.05) is 5.75 Å². The van der Waals surface area contributed by atoms with E-state index in [1.807, 2.05) is 13.8 Å². The Morgan fingerprint density at radius 3 is 2.70 bits per heavy atom. The van der Waals surface area contributed by atoms with Crippen LogP contribution in [0, 0.1) is 12.8 Å². The Morgan fingerprint density at radius 2 is 2.25 bits per heavy atom. The average Bonchev–Trinajstić information content (AvgIpc) is 2.94. The number of aromatic nitrogens is 2. The summed E-state index contributed by atoms with van der Waals surface area (Å²) in [5.41, 5.74) is 0.411. The number of H-pyrrole nitrogens is 1. The molecule has 0 bridgehead atoms. The fourth-order valence-electron chi connectivity index (χ4n) is 2.20. The number of hydrogen-bond donors (Lipinski definition) is 2. The summed E-state index contributed by atoms with van der Waals surface area (Å²) in [7, 11) is -3.88. The molecule has 0 amide bonds. The number of carboxylic acid groups (broad SMARTS) is 1. The van der Waals surface area contributed by atoms with E-state index in [0.29, 0.717) is 5.69 Å². The molecule has 112 valence electrons. The molecule has 2 unspecified atom stereocenters. The van der Waals surface area contributed by atoms with Crippen LogP contribution in [0.3, 0.4) is 0 Å². The zero-order valence-electron chi connectivity index (χ0n) is 11.4. The molecule has 1 aliphatic heterocycles. The Kier molecular flexibility index (Phi) is 4.12. The van der Waals surface area contributed by atoms with E-state index in [-0.39, 0.29) is 21.9 Å². The highest BCUT2D eigenvalue weighted by molar-refractivity contribution is 8.01. The SMILES string of the molecule is Cc1[nH]ncc1S(=O)(=O)N1C(C(=O)O)CSC1C(C)C. The summed E-state index contributed by atoms with van der Waals surface area (Å²) < 4.78 is 26.6. The smallest absolute Gasteiger partial charge is 0.322 e. The van der Waals surface area contributed by atoms with Gasteiger partial charge in [-0.2, -0.15) is 9.40 Å². The molecule has 9 heteroatoms. The number of aliphatic carboxylic acids is 1. The van der Waals surface area contributed by atoms with Crippen LogP contribution in [0.5, 0.6) is 0 Å². The summed E-state index contributed by atoms with van der Waals surface area (Å²) in [6.45, 7) is 5.36.